The van der Waals surface area contributed by atoms with Gasteiger partial charge in [-0.25, -0.2) is 9.67 Å². The van der Waals surface area contributed by atoms with Gasteiger partial charge in [0.1, 0.15) is 0 Å². The molecule has 0 saturated heterocycles. The summed E-state index contributed by atoms with van der Waals surface area (Å²) in [6.45, 7) is 2.28. The highest BCUT2D eigenvalue weighted by Gasteiger charge is 2.25. The van der Waals surface area contributed by atoms with E-state index in [1.807, 2.05) is 48.5 Å². The monoisotopic (exact) mass is 355 g/mol. The number of nitrogens with one attached hydrogen (secondary N) is 1. The molecule has 4 nitrogen and oxygen atoms in total. The second-order valence-corrected chi connectivity index (χ2v) is 7.44. The average molecular weight is 355 g/mol. The van der Waals surface area contributed by atoms with E-state index < -0.39 is 0 Å². The highest BCUT2D eigenvalue weighted by atomic mass is 16.1. The van der Waals surface area contributed by atoms with Crippen LogP contribution in [-0.4, -0.2) is 14.8 Å². The molecule has 2 aromatic heterocycles. The molecule has 0 spiro atoms. The number of rotatable bonds is 2. The van der Waals surface area contributed by atoms with Crippen LogP contribution in [-0.2, 0) is 12.8 Å². The van der Waals surface area contributed by atoms with Gasteiger partial charge in [-0.15, -0.1) is 0 Å². The number of fused-ring (bicyclic) bond motifs is 3. The van der Waals surface area contributed by atoms with Gasteiger partial charge in [0.05, 0.1) is 16.8 Å². The molecule has 1 aliphatic rings. The third kappa shape index (κ3) is 2.60. The number of pyridine rings is 1. The van der Waals surface area contributed by atoms with Crippen molar-refractivity contribution in [1.29, 1.82) is 0 Å². The Balaban J connectivity index is 1.83. The number of hydrogen-bond donors (Lipinski definition) is 1. The molecular weight excluding hydrogens is 334 g/mol. The van der Waals surface area contributed by atoms with Crippen LogP contribution in [0.2, 0.25) is 0 Å². The fourth-order valence-electron chi connectivity index (χ4n) is 4.18. The fraction of sp³-hybridized carbons (Fsp3) is 0.217. The summed E-state index contributed by atoms with van der Waals surface area (Å²) in [6.07, 6.45) is 3.01. The average Bonchev–Trinajstić information content (AvgIpc) is 3.05. The highest BCUT2D eigenvalue weighted by Crippen LogP contribution is 2.35. The van der Waals surface area contributed by atoms with Crippen molar-refractivity contribution >= 4 is 11.0 Å². The van der Waals surface area contributed by atoms with E-state index >= 15 is 0 Å². The van der Waals surface area contributed by atoms with Gasteiger partial charge in [0, 0.05) is 5.56 Å². The summed E-state index contributed by atoms with van der Waals surface area (Å²) in [5, 5.41) is 4.00. The van der Waals surface area contributed by atoms with Crippen molar-refractivity contribution in [1.82, 2.24) is 14.8 Å². The van der Waals surface area contributed by atoms with Crippen LogP contribution in [0.25, 0.3) is 28.0 Å². The zero-order valence-corrected chi connectivity index (χ0v) is 15.3. The first kappa shape index (κ1) is 16.1. The Morgan fingerprint density at radius 2 is 1.70 bits per heavy atom. The van der Waals surface area contributed by atoms with Gasteiger partial charge in [0.2, 0.25) is 0 Å². The molecule has 4 aromatic rings. The van der Waals surface area contributed by atoms with E-state index in [1.165, 1.54) is 11.1 Å². The lowest BCUT2D eigenvalue weighted by Crippen LogP contribution is -2.18. The molecule has 0 fully saturated rings. The van der Waals surface area contributed by atoms with Gasteiger partial charge in [-0.3, -0.25) is 9.89 Å². The van der Waals surface area contributed by atoms with Crippen LogP contribution in [0.5, 0.6) is 0 Å². The van der Waals surface area contributed by atoms with Crippen molar-refractivity contribution in [3.63, 3.8) is 0 Å². The summed E-state index contributed by atoms with van der Waals surface area (Å²) < 4.78 is 1.62. The quantitative estimate of drug-likeness (QED) is 0.575. The maximum absolute atomic E-state index is 13.2. The van der Waals surface area contributed by atoms with Crippen LogP contribution >= 0.6 is 0 Å². The third-order valence-electron chi connectivity index (χ3n) is 5.55. The number of H-pyrrole nitrogens is 1. The van der Waals surface area contributed by atoms with Crippen molar-refractivity contribution < 1.29 is 0 Å². The van der Waals surface area contributed by atoms with E-state index in [9.17, 15) is 4.79 Å². The summed E-state index contributed by atoms with van der Waals surface area (Å²) in [5.41, 5.74) is 6.03. The molecule has 4 heteroatoms. The first-order chi connectivity index (χ1) is 13.2. The molecular formula is C23H21N3O. The molecule has 1 unspecified atom stereocenters. The Morgan fingerprint density at radius 3 is 2.44 bits per heavy atom. The second kappa shape index (κ2) is 6.23. The van der Waals surface area contributed by atoms with Crippen molar-refractivity contribution in [2.45, 2.75) is 26.2 Å². The van der Waals surface area contributed by atoms with Crippen LogP contribution in [0, 0.1) is 5.92 Å². The van der Waals surface area contributed by atoms with Crippen LogP contribution < -0.4 is 5.56 Å². The minimum atomic E-state index is -0.00545. The SMILES string of the molecule is CC1CCc2c(c(-c3ccccc3)nc3[nH]n(-c4ccccc4)c(=O)c23)C1. The van der Waals surface area contributed by atoms with Crippen molar-refractivity contribution in [2.75, 3.05) is 0 Å². The minimum Gasteiger partial charge on any atom is -0.274 e. The Hall–Kier alpha value is -3.14. The van der Waals surface area contributed by atoms with Gasteiger partial charge in [-0.05, 0) is 48.4 Å². The standard InChI is InChI=1S/C23H21N3O/c1-15-12-13-18-19(14-15)21(16-8-4-2-5-9-16)24-22-20(18)23(27)26(25-22)17-10-6-3-7-11-17/h2-11,15H,12-14H2,1H3,(H,24,25). The molecule has 1 aliphatic carbocycles. The molecule has 0 aliphatic heterocycles. The van der Waals surface area contributed by atoms with Gasteiger partial charge < -0.3 is 0 Å². The lowest BCUT2D eigenvalue weighted by Gasteiger charge is -2.24. The molecule has 0 saturated carbocycles. The van der Waals surface area contributed by atoms with E-state index in [2.05, 4.69) is 24.2 Å². The maximum atomic E-state index is 13.2. The van der Waals surface area contributed by atoms with Crippen molar-refractivity contribution in [3.8, 4) is 16.9 Å². The third-order valence-corrected chi connectivity index (χ3v) is 5.55. The second-order valence-electron chi connectivity index (χ2n) is 7.44. The van der Waals surface area contributed by atoms with Gasteiger partial charge in [-0.2, -0.15) is 0 Å². The Labute approximate surface area is 157 Å². The molecule has 0 bridgehead atoms. The van der Waals surface area contributed by atoms with Crippen molar-refractivity contribution in [2.24, 2.45) is 5.92 Å². The lowest BCUT2D eigenvalue weighted by molar-refractivity contribution is 0.503. The number of aromatic amines is 1. The van der Waals surface area contributed by atoms with Crippen LogP contribution in [0.1, 0.15) is 24.5 Å². The number of aromatic nitrogens is 3. The summed E-state index contributed by atoms with van der Waals surface area (Å²) in [6, 6.07) is 20.0. The number of aryl methyl sites for hydroxylation is 1. The van der Waals surface area contributed by atoms with Crippen molar-refractivity contribution in [3.05, 3.63) is 82.1 Å². The van der Waals surface area contributed by atoms with Gasteiger partial charge in [-0.1, -0.05) is 55.5 Å². The van der Waals surface area contributed by atoms with E-state index in [-0.39, 0.29) is 5.56 Å². The zero-order valence-electron chi connectivity index (χ0n) is 15.3. The molecule has 1 atom stereocenters. The highest BCUT2D eigenvalue weighted by molar-refractivity contribution is 5.85. The predicted octanol–water partition coefficient (Wildman–Crippen LogP) is 4.51. The summed E-state index contributed by atoms with van der Waals surface area (Å²) in [4.78, 5) is 18.1. The summed E-state index contributed by atoms with van der Waals surface area (Å²) in [5.74, 6) is 0.606. The topological polar surface area (TPSA) is 50.7 Å². The van der Waals surface area contributed by atoms with E-state index in [4.69, 9.17) is 4.98 Å². The Bertz CT molecular complexity index is 1170. The normalized spacial score (nSPS) is 16.4. The van der Waals surface area contributed by atoms with E-state index in [0.717, 1.165) is 41.6 Å². The summed E-state index contributed by atoms with van der Waals surface area (Å²) in [7, 11) is 0. The Morgan fingerprint density at radius 1 is 1.00 bits per heavy atom. The van der Waals surface area contributed by atoms with E-state index in [0.29, 0.717) is 11.6 Å². The number of hydrogen-bond acceptors (Lipinski definition) is 2. The van der Waals surface area contributed by atoms with Crippen LogP contribution in [0.3, 0.4) is 0 Å². The van der Waals surface area contributed by atoms with E-state index in [1.54, 1.807) is 4.68 Å². The molecule has 1 N–H and O–H groups in total. The fourth-order valence-corrected chi connectivity index (χ4v) is 4.18. The van der Waals surface area contributed by atoms with Gasteiger partial charge >= 0.3 is 0 Å². The molecule has 2 heterocycles. The number of benzene rings is 2. The first-order valence-corrected chi connectivity index (χ1v) is 9.49. The maximum Gasteiger partial charge on any atom is 0.281 e. The minimum absolute atomic E-state index is 0.00545. The molecule has 0 radical (unpaired) electrons. The van der Waals surface area contributed by atoms with Crippen LogP contribution in [0.15, 0.2) is 65.5 Å². The smallest absolute Gasteiger partial charge is 0.274 e. The largest absolute Gasteiger partial charge is 0.281 e. The predicted molar refractivity (Wildman–Crippen MR) is 108 cm³/mol. The van der Waals surface area contributed by atoms with Gasteiger partial charge in [0.15, 0.2) is 5.65 Å². The van der Waals surface area contributed by atoms with Crippen LogP contribution in [0.4, 0.5) is 0 Å². The number of nitrogens with zero attached hydrogens (tertiary/aromatic N) is 2. The summed E-state index contributed by atoms with van der Waals surface area (Å²) >= 11 is 0. The first-order valence-electron chi connectivity index (χ1n) is 9.49. The zero-order chi connectivity index (χ0) is 18.4. The lowest BCUT2D eigenvalue weighted by atomic mass is 9.82. The molecule has 134 valence electrons. The molecule has 2 aromatic carbocycles. The molecule has 27 heavy (non-hydrogen) atoms. The molecule has 5 rings (SSSR count). The van der Waals surface area contributed by atoms with Gasteiger partial charge in [0.25, 0.3) is 5.56 Å². The number of para-hydroxylation sites is 1. The molecule has 0 amide bonds. The Kier molecular flexibility index (Phi) is 3.71.